The van der Waals surface area contributed by atoms with Gasteiger partial charge >= 0.3 is 5.76 Å². The molecule has 0 unspecified atom stereocenters. The van der Waals surface area contributed by atoms with Gasteiger partial charge in [0.2, 0.25) is 0 Å². The highest BCUT2D eigenvalue weighted by Crippen LogP contribution is 2.28. The van der Waals surface area contributed by atoms with Gasteiger partial charge in [-0.05, 0) is 30.3 Å². The summed E-state index contributed by atoms with van der Waals surface area (Å²) in [7, 11) is 1.52. The molecule has 0 saturated carbocycles. The minimum Gasteiger partial charge on any atom is -0.497 e. The maximum absolute atomic E-state index is 12.7. The van der Waals surface area contributed by atoms with Gasteiger partial charge in [0.1, 0.15) is 5.75 Å². The summed E-state index contributed by atoms with van der Waals surface area (Å²) in [6.45, 7) is 0. The van der Waals surface area contributed by atoms with Crippen molar-refractivity contribution in [3.8, 4) is 23.2 Å². The van der Waals surface area contributed by atoms with Crippen LogP contribution in [-0.4, -0.2) is 28.3 Å². The van der Waals surface area contributed by atoms with Crippen molar-refractivity contribution in [3.63, 3.8) is 0 Å². The number of nitrogens with zero attached hydrogens (tertiary/aromatic N) is 3. The molecule has 138 valence electrons. The molecule has 0 spiro atoms. The van der Waals surface area contributed by atoms with Gasteiger partial charge < -0.3 is 14.6 Å². The summed E-state index contributed by atoms with van der Waals surface area (Å²) in [5.41, 5.74) is 1.40. The third kappa shape index (κ3) is 2.97. The molecule has 4 rings (SSSR count). The highest BCUT2D eigenvalue weighted by molar-refractivity contribution is 6.11. The number of nitrogens with one attached hydrogen (secondary N) is 2. The van der Waals surface area contributed by atoms with E-state index in [9.17, 15) is 9.59 Å². The van der Waals surface area contributed by atoms with E-state index >= 15 is 0 Å². The first-order chi connectivity index (χ1) is 13.6. The van der Waals surface area contributed by atoms with Crippen LogP contribution in [0.2, 0.25) is 0 Å². The second kappa shape index (κ2) is 6.73. The lowest BCUT2D eigenvalue weighted by molar-refractivity contribution is 0.102. The lowest BCUT2D eigenvalue weighted by atomic mass is 10.1. The average Bonchev–Trinajstić information content (AvgIpc) is 3.33. The van der Waals surface area contributed by atoms with Crippen LogP contribution in [0.15, 0.2) is 50.2 Å². The van der Waals surface area contributed by atoms with Crippen LogP contribution in [0.1, 0.15) is 16.1 Å². The van der Waals surface area contributed by atoms with Crippen LogP contribution in [0, 0.1) is 11.3 Å². The van der Waals surface area contributed by atoms with E-state index in [4.69, 9.17) is 14.5 Å². The number of benzene rings is 2. The van der Waals surface area contributed by atoms with Gasteiger partial charge in [-0.25, -0.2) is 4.79 Å². The largest absolute Gasteiger partial charge is 0.497 e. The summed E-state index contributed by atoms with van der Waals surface area (Å²) >= 11 is 0. The Kier molecular flexibility index (Phi) is 4.10. The normalized spacial score (nSPS) is 10.6. The number of H-pyrrole nitrogens is 1. The maximum atomic E-state index is 12.7. The predicted octanol–water partition coefficient (Wildman–Crippen LogP) is 2.30. The molecule has 0 radical (unpaired) electrons. The van der Waals surface area contributed by atoms with Crippen LogP contribution >= 0.6 is 0 Å². The number of carbonyl (C=O) groups excluding carboxylic acids is 1. The van der Waals surface area contributed by atoms with Crippen molar-refractivity contribution >= 4 is 22.6 Å². The Balaban J connectivity index is 1.72. The molecule has 28 heavy (non-hydrogen) atoms. The summed E-state index contributed by atoms with van der Waals surface area (Å²) in [5.74, 6) is -0.654. The molecular formula is C18H11N5O5. The first kappa shape index (κ1) is 17.0. The Bertz CT molecular complexity index is 1290. The van der Waals surface area contributed by atoms with Gasteiger partial charge in [-0.1, -0.05) is 10.3 Å². The Morgan fingerprint density at radius 2 is 2.07 bits per heavy atom. The van der Waals surface area contributed by atoms with Crippen LogP contribution in [-0.2, 0) is 0 Å². The van der Waals surface area contributed by atoms with Crippen LogP contribution in [0.3, 0.4) is 0 Å². The third-order valence-corrected chi connectivity index (χ3v) is 3.99. The lowest BCUT2D eigenvalue weighted by Crippen LogP contribution is -2.13. The summed E-state index contributed by atoms with van der Waals surface area (Å²) in [6.07, 6.45) is 0. The van der Waals surface area contributed by atoms with Crippen molar-refractivity contribution in [3.05, 3.63) is 58.2 Å². The van der Waals surface area contributed by atoms with Gasteiger partial charge in [0, 0.05) is 11.6 Å². The first-order valence-electron chi connectivity index (χ1n) is 7.94. The van der Waals surface area contributed by atoms with E-state index in [2.05, 4.69) is 25.1 Å². The highest BCUT2D eigenvalue weighted by Gasteiger charge is 2.19. The zero-order chi connectivity index (χ0) is 19.7. The Morgan fingerprint density at radius 1 is 1.21 bits per heavy atom. The number of anilines is 1. The van der Waals surface area contributed by atoms with E-state index in [-0.39, 0.29) is 11.5 Å². The quantitative estimate of drug-likeness (QED) is 0.550. The highest BCUT2D eigenvalue weighted by atomic mass is 16.5. The number of ether oxygens (including phenoxy) is 1. The standard InChI is InChI=1S/C18H11N5O5/c1-26-10-3-4-11-14(7-10)27-22-15(11)17(24)20-13-5-2-9(8-19)6-12(13)16-21-18(25)28-23-16/h2-7H,1H3,(H,20,24)(H,21,23,25). The Morgan fingerprint density at radius 3 is 2.79 bits per heavy atom. The third-order valence-electron chi connectivity index (χ3n) is 3.99. The summed E-state index contributed by atoms with van der Waals surface area (Å²) in [4.78, 5) is 26.4. The average molecular weight is 377 g/mol. The van der Waals surface area contributed by atoms with Gasteiger partial charge in [0.15, 0.2) is 17.1 Å². The molecule has 0 fully saturated rings. The lowest BCUT2D eigenvalue weighted by Gasteiger charge is -2.08. The molecule has 2 N–H and O–H groups in total. The van der Waals surface area contributed by atoms with Gasteiger partial charge in [0.25, 0.3) is 5.91 Å². The fraction of sp³-hybridized carbons (Fsp3) is 0.0556. The second-order valence-electron chi connectivity index (χ2n) is 5.66. The zero-order valence-electron chi connectivity index (χ0n) is 14.3. The molecular weight excluding hydrogens is 366 g/mol. The number of aromatic amines is 1. The van der Waals surface area contributed by atoms with Gasteiger partial charge in [0.05, 0.1) is 29.8 Å². The summed E-state index contributed by atoms with van der Waals surface area (Å²) < 4.78 is 14.8. The fourth-order valence-corrected chi connectivity index (χ4v) is 2.65. The first-order valence-corrected chi connectivity index (χ1v) is 7.94. The number of amides is 1. The van der Waals surface area contributed by atoms with Crippen LogP contribution in [0.25, 0.3) is 22.4 Å². The number of hydrogen-bond donors (Lipinski definition) is 2. The second-order valence-corrected chi connectivity index (χ2v) is 5.66. The molecule has 2 aromatic heterocycles. The van der Waals surface area contributed by atoms with Crippen molar-refractivity contribution in [1.82, 2.24) is 15.3 Å². The number of carbonyl (C=O) groups is 1. The summed E-state index contributed by atoms with van der Waals surface area (Å²) in [6, 6.07) is 11.4. The van der Waals surface area contributed by atoms with Gasteiger partial charge in [-0.15, -0.1) is 0 Å². The van der Waals surface area contributed by atoms with Gasteiger partial charge in [-0.2, -0.15) is 5.26 Å². The van der Waals surface area contributed by atoms with Crippen LogP contribution < -0.4 is 15.8 Å². The molecule has 0 aliphatic carbocycles. The van der Waals surface area contributed by atoms with E-state index in [0.29, 0.717) is 33.5 Å². The molecule has 2 heterocycles. The van der Waals surface area contributed by atoms with E-state index in [1.54, 1.807) is 18.2 Å². The van der Waals surface area contributed by atoms with Crippen LogP contribution in [0.4, 0.5) is 5.69 Å². The smallest absolute Gasteiger partial charge is 0.439 e. The van der Waals surface area contributed by atoms with Crippen molar-refractivity contribution < 1.29 is 18.6 Å². The molecule has 0 atom stereocenters. The van der Waals surface area contributed by atoms with Crippen molar-refractivity contribution in [2.75, 3.05) is 12.4 Å². The molecule has 10 nitrogen and oxygen atoms in total. The SMILES string of the molecule is COc1ccc2c(C(=O)Nc3ccc(C#N)cc3-c3noc(=O)[nH]3)noc2c1. The maximum Gasteiger partial charge on any atom is 0.439 e. The van der Waals surface area contributed by atoms with Crippen molar-refractivity contribution in [2.45, 2.75) is 0 Å². The van der Waals surface area contributed by atoms with Crippen molar-refractivity contribution in [1.29, 1.82) is 5.26 Å². The van der Waals surface area contributed by atoms with Gasteiger partial charge in [-0.3, -0.25) is 14.3 Å². The van der Waals surface area contributed by atoms with E-state index in [1.165, 1.54) is 25.3 Å². The minimum atomic E-state index is -0.758. The monoisotopic (exact) mass is 377 g/mol. The molecule has 4 aromatic rings. The fourth-order valence-electron chi connectivity index (χ4n) is 2.65. The topological polar surface area (TPSA) is 147 Å². The number of methoxy groups -OCH3 is 1. The van der Waals surface area contributed by atoms with E-state index in [0.717, 1.165) is 0 Å². The number of nitriles is 1. The van der Waals surface area contributed by atoms with Crippen LogP contribution in [0.5, 0.6) is 5.75 Å². The zero-order valence-corrected chi connectivity index (χ0v) is 14.3. The molecule has 10 heteroatoms. The molecule has 0 saturated heterocycles. The number of hydrogen-bond acceptors (Lipinski definition) is 8. The molecule has 0 aliphatic heterocycles. The van der Waals surface area contributed by atoms with Crippen molar-refractivity contribution in [2.24, 2.45) is 0 Å². The number of rotatable bonds is 4. The molecule has 0 aliphatic rings. The molecule has 1 amide bonds. The number of aromatic nitrogens is 3. The van der Waals surface area contributed by atoms with E-state index < -0.39 is 11.7 Å². The predicted molar refractivity (Wildman–Crippen MR) is 95.8 cm³/mol. The summed E-state index contributed by atoms with van der Waals surface area (Å²) in [5, 5.41) is 19.7. The Labute approximate surface area is 156 Å². The Hall–Kier alpha value is -4.39. The number of fused-ring (bicyclic) bond motifs is 1. The molecule has 0 bridgehead atoms. The minimum absolute atomic E-state index is 0.0709. The molecule has 2 aromatic carbocycles. The van der Waals surface area contributed by atoms with E-state index in [1.807, 2.05) is 6.07 Å².